The maximum Gasteiger partial charge on any atom is 0.163 e. The van der Waals surface area contributed by atoms with Crippen molar-refractivity contribution in [1.82, 2.24) is 15.0 Å². The Morgan fingerprint density at radius 3 is 2.55 bits per heavy atom. The average Bonchev–Trinajstić information content (AvgIpc) is 2.74. The lowest BCUT2D eigenvalue weighted by Crippen LogP contribution is -2.15. The predicted molar refractivity (Wildman–Crippen MR) is 121 cm³/mol. The summed E-state index contributed by atoms with van der Waals surface area (Å²) in [4.78, 5) is 13.7. The van der Waals surface area contributed by atoms with Crippen LogP contribution in [0.2, 0.25) is 10.0 Å². The molecule has 4 rings (SSSR count). The van der Waals surface area contributed by atoms with Crippen molar-refractivity contribution in [3.63, 3.8) is 0 Å². The van der Waals surface area contributed by atoms with Gasteiger partial charge in [-0.05, 0) is 48.9 Å². The first-order valence-corrected chi connectivity index (χ1v) is 9.98. The van der Waals surface area contributed by atoms with E-state index in [-0.39, 0.29) is 0 Å². The number of aryl methyl sites for hydroxylation is 1. The summed E-state index contributed by atoms with van der Waals surface area (Å²) in [6.07, 6.45) is 1.84. The van der Waals surface area contributed by atoms with E-state index in [2.05, 4.69) is 20.6 Å². The SMILES string of the molecule is Cc1ccc(NCCNc2nc(-c3cc(Cl)ccc3Cl)nc3ccccc23)nc1. The Hall–Kier alpha value is -2.89. The molecule has 29 heavy (non-hydrogen) atoms. The number of hydrogen-bond donors (Lipinski definition) is 2. The number of anilines is 2. The lowest BCUT2D eigenvalue weighted by atomic mass is 10.2. The highest BCUT2D eigenvalue weighted by atomic mass is 35.5. The molecule has 5 nitrogen and oxygen atoms in total. The van der Waals surface area contributed by atoms with E-state index in [0.717, 1.165) is 28.1 Å². The van der Waals surface area contributed by atoms with Gasteiger partial charge in [0.15, 0.2) is 5.82 Å². The monoisotopic (exact) mass is 423 g/mol. The van der Waals surface area contributed by atoms with Gasteiger partial charge in [0.2, 0.25) is 0 Å². The molecule has 0 aliphatic heterocycles. The van der Waals surface area contributed by atoms with Gasteiger partial charge in [-0.2, -0.15) is 0 Å². The van der Waals surface area contributed by atoms with Crippen LogP contribution >= 0.6 is 23.2 Å². The second-order valence-corrected chi connectivity index (χ2v) is 7.46. The van der Waals surface area contributed by atoms with Crippen molar-refractivity contribution in [2.24, 2.45) is 0 Å². The lowest BCUT2D eigenvalue weighted by Gasteiger charge is -2.12. The van der Waals surface area contributed by atoms with Gasteiger partial charge < -0.3 is 10.6 Å². The van der Waals surface area contributed by atoms with Crippen molar-refractivity contribution in [2.75, 3.05) is 23.7 Å². The lowest BCUT2D eigenvalue weighted by molar-refractivity contribution is 1.04. The van der Waals surface area contributed by atoms with Crippen LogP contribution in [0.25, 0.3) is 22.3 Å². The highest BCUT2D eigenvalue weighted by molar-refractivity contribution is 6.35. The van der Waals surface area contributed by atoms with Gasteiger partial charge in [-0.25, -0.2) is 15.0 Å². The van der Waals surface area contributed by atoms with E-state index in [9.17, 15) is 0 Å². The zero-order valence-electron chi connectivity index (χ0n) is 15.8. The summed E-state index contributed by atoms with van der Waals surface area (Å²) in [6.45, 7) is 3.38. The van der Waals surface area contributed by atoms with E-state index in [0.29, 0.717) is 34.5 Å². The number of para-hydroxylation sites is 1. The number of rotatable bonds is 6. The zero-order valence-corrected chi connectivity index (χ0v) is 17.3. The Balaban J connectivity index is 1.57. The minimum absolute atomic E-state index is 0.534. The number of hydrogen-bond acceptors (Lipinski definition) is 5. The number of nitrogens with zero attached hydrogens (tertiary/aromatic N) is 3. The van der Waals surface area contributed by atoms with Crippen LogP contribution in [0.4, 0.5) is 11.6 Å². The molecule has 146 valence electrons. The van der Waals surface area contributed by atoms with E-state index >= 15 is 0 Å². The van der Waals surface area contributed by atoms with Crippen LogP contribution in [0.5, 0.6) is 0 Å². The van der Waals surface area contributed by atoms with Crippen LogP contribution < -0.4 is 10.6 Å². The highest BCUT2D eigenvalue weighted by Gasteiger charge is 2.12. The van der Waals surface area contributed by atoms with Crippen molar-refractivity contribution in [3.05, 3.63) is 76.4 Å². The Kier molecular flexibility index (Phi) is 5.79. The summed E-state index contributed by atoms with van der Waals surface area (Å²) in [6, 6.07) is 17.2. The van der Waals surface area contributed by atoms with Crippen LogP contribution in [-0.4, -0.2) is 28.0 Å². The van der Waals surface area contributed by atoms with E-state index < -0.39 is 0 Å². The molecular formula is C22H19Cl2N5. The van der Waals surface area contributed by atoms with Gasteiger partial charge in [-0.1, -0.05) is 41.4 Å². The fourth-order valence-corrected chi connectivity index (χ4v) is 3.32. The molecule has 7 heteroatoms. The molecule has 0 saturated heterocycles. The third kappa shape index (κ3) is 4.58. The van der Waals surface area contributed by atoms with E-state index in [1.54, 1.807) is 18.2 Å². The van der Waals surface area contributed by atoms with Gasteiger partial charge in [0, 0.05) is 35.3 Å². The molecule has 2 N–H and O–H groups in total. The second-order valence-electron chi connectivity index (χ2n) is 6.61. The van der Waals surface area contributed by atoms with Crippen molar-refractivity contribution in [3.8, 4) is 11.4 Å². The number of nitrogens with one attached hydrogen (secondary N) is 2. The summed E-state index contributed by atoms with van der Waals surface area (Å²) in [5.41, 5.74) is 2.67. The van der Waals surface area contributed by atoms with E-state index in [1.165, 1.54) is 0 Å². The van der Waals surface area contributed by atoms with Gasteiger partial charge in [-0.15, -0.1) is 0 Å². The third-order valence-electron chi connectivity index (χ3n) is 4.41. The molecule has 0 aliphatic rings. The number of fused-ring (bicyclic) bond motifs is 1. The Labute approximate surface area is 179 Å². The van der Waals surface area contributed by atoms with Gasteiger partial charge in [0.25, 0.3) is 0 Å². The van der Waals surface area contributed by atoms with Gasteiger partial charge in [0.1, 0.15) is 11.6 Å². The van der Waals surface area contributed by atoms with Gasteiger partial charge in [0.05, 0.1) is 10.5 Å². The first-order valence-electron chi connectivity index (χ1n) is 9.23. The van der Waals surface area contributed by atoms with Gasteiger partial charge >= 0.3 is 0 Å². The first kappa shape index (κ1) is 19.4. The van der Waals surface area contributed by atoms with Crippen LogP contribution in [0, 0.1) is 6.92 Å². The van der Waals surface area contributed by atoms with Crippen LogP contribution in [0.15, 0.2) is 60.8 Å². The predicted octanol–water partition coefficient (Wildman–Crippen LogP) is 5.83. The summed E-state index contributed by atoms with van der Waals surface area (Å²) >= 11 is 12.5. The topological polar surface area (TPSA) is 62.7 Å². The van der Waals surface area contributed by atoms with E-state index in [1.807, 2.05) is 49.5 Å². The molecule has 2 aromatic carbocycles. The maximum atomic E-state index is 6.36. The van der Waals surface area contributed by atoms with Crippen LogP contribution in [0.1, 0.15) is 5.56 Å². The molecule has 0 radical (unpaired) electrons. The van der Waals surface area contributed by atoms with Crippen molar-refractivity contribution >= 4 is 45.7 Å². The van der Waals surface area contributed by atoms with Crippen LogP contribution in [0.3, 0.4) is 0 Å². The van der Waals surface area contributed by atoms with Crippen molar-refractivity contribution in [1.29, 1.82) is 0 Å². The Morgan fingerprint density at radius 1 is 0.897 bits per heavy atom. The largest absolute Gasteiger partial charge is 0.368 e. The summed E-state index contributed by atoms with van der Waals surface area (Å²) < 4.78 is 0. The number of pyridine rings is 1. The third-order valence-corrected chi connectivity index (χ3v) is 4.97. The molecule has 0 saturated carbocycles. The van der Waals surface area contributed by atoms with Crippen molar-refractivity contribution in [2.45, 2.75) is 6.92 Å². The molecular weight excluding hydrogens is 405 g/mol. The number of benzene rings is 2. The number of halogens is 2. The zero-order chi connectivity index (χ0) is 20.2. The standard InChI is InChI=1S/C22H19Cl2N5/c1-14-6-9-20(27-13-14)25-10-11-26-21-16-4-2-3-5-19(16)28-22(29-21)17-12-15(23)7-8-18(17)24/h2-9,12-13H,10-11H2,1H3,(H,25,27)(H,26,28,29). The summed E-state index contributed by atoms with van der Waals surface area (Å²) in [7, 11) is 0. The molecule has 0 amide bonds. The quantitative estimate of drug-likeness (QED) is 0.381. The fraction of sp³-hybridized carbons (Fsp3) is 0.136. The van der Waals surface area contributed by atoms with Gasteiger partial charge in [-0.3, -0.25) is 0 Å². The smallest absolute Gasteiger partial charge is 0.163 e. The maximum absolute atomic E-state index is 6.36. The summed E-state index contributed by atoms with van der Waals surface area (Å²) in [5, 5.41) is 8.79. The Morgan fingerprint density at radius 2 is 1.72 bits per heavy atom. The molecule has 4 aromatic rings. The minimum Gasteiger partial charge on any atom is -0.368 e. The molecule has 2 aromatic heterocycles. The molecule has 0 fully saturated rings. The highest BCUT2D eigenvalue weighted by Crippen LogP contribution is 2.31. The summed E-state index contributed by atoms with van der Waals surface area (Å²) in [5.74, 6) is 2.13. The molecule has 0 aliphatic carbocycles. The molecule has 0 unspecified atom stereocenters. The first-order chi connectivity index (χ1) is 14.1. The molecule has 0 atom stereocenters. The van der Waals surface area contributed by atoms with E-state index in [4.69, 9.17) is 28.2 Å². The van der Waals surface area contributed by atoms with Crippen LogP contribution in [-0.2, 0) is 0 Å². The molecule has 0 spiro atoms. The second kappa shape index (κ2) is 8.64. The molecule has 0 bridgehead atoms. The number of aromatic nitrogens is 3. The fourth-order valence-electron chi connectivity index (χ4n) is 2.94. The van der Waals surface area contributed by atoms with Crippen molar-refractivity contribution < 1.29 is 0 Å². The normalized spacial score (nSPS) is 10.9. The average molecular weight is 424 g/mol. The molecule has 2 heterocycles. The Bertz CT molecular complexity index is 1150. The minimum atomic E-state index is 0.534.